The number of benzene rings is 1. The third kappa shape index (κ3) is 5.07. The lowest BCUT2D eigenvalue weighted by Gasteiger charge is -2.20. The predicted octanol–water partition coefficient (Wildman–Crippen LogP) is 3.73. The van der Waals surface area contributed by atoms with Crippen LogP contribution in [0, 0.1) is 11.8 Å². The molecular weight excluding hydrogens is 260 g/mol. The van der Waals surface area contributed by atoms with E-state index in [4.69, 9.17) is 5.73 Å². The summed E-state index contributed by atoms with van der Waals surface area (Å²) in [5, 5.41) is 3.64. The van der Waals surface area contributed by atoms with Gasteiger partial charge in [0.25, 0.3) is 0 Å². The first-order valence-corrected chi connectivity index (χ1v) is 8.18. The summed E-state index contributed by atoms with van der Waals surface area (Å²) < 4.78 is 0. The van der Waals surface area contributed by atoms with Crippen molar-refractivity contribution >= 4 is 11.6 Å². The van der Waals surface area contributed by atoms with Gasteiger partial charge in [0.2, 0.25) is 5.91 Å². The molecule has 1 aromatic carbocycles. The Balaban J connectivity index is 1.88. The highest BCUT2D eigenvalue weighted by molar-refractivity contribution is 5.76. The number of carbonyl (C=O) groups excluding carboxylic acids is 1. The zero-order valence-corrected chi connectivity index (χ0v) is 13.3. The maximum atomic E-state index is 10.9. The third-order valence-corrected chi connectivity index (χ3v) is 4.66. The Morgan fingerprint density at radius 3 is 2.52 bits per heavy atom. The first-order chi connectivity index (χ1) is 10.0. The van der Waals surface area contributed by atoms with E-state index in [-0.39, 0.29) is 5.91 Å². The molecule has 0 saturated heterocycles. The fourth-order valence-electron chi connectivity index (χ4n) is 3.30. The van der Waals surface area contributed by atoms with Crippen LogP contribution in [0.4, 0.5) is 5.69 Å². The van der Waals surface area contributed by atoms with Gasteiger partial charge < -0.3 is 11.1 Å². The Labute approximate surface area is 128 Å². The van der Waals surface area contributed by atoms with Crippen LogP contribution in [0.2, 0.25) is 0 Å². The molecule has 0 aromatic heterocycles. The second-order valence-corrected chi connectivity index (χ2v) is 6.69. The number of amides is 1. The van der Waals surface area contributed by atoms with Crippen molar-refractivity contribution in [3.63, 3.8) is 0 Å². The largest absolute Gasteiger partial charge is 0.382 e. The molecule has 2 atom stereocenters. The third-order valence-electron chi connectivity index (χ3n) is 4.66. The minimum atomic E-state index is -0.279. The summed E-state index contributed by atoms with van der Waals surface area (Å²) in [4.78, 5) is 10.9. The smallest absolute Gasteiger partial charge is 0.221 e. The van der Waals surface area contributed by atoms with Crippen molar-refractivity contribution < 1.29 is 4.79 Å². The van der Waals surface area contributed by atoms with Crippen LogP contribution in [-0.2, 0) is 11.2 Å². The van der Waals surface area contributed by atoms with Crippen molar-refractivity contribution in [3.05, 3.63) is 29.8 Å². The summed E-state index contributed by atoms with van der Waals surface area (Å²) in [6.07, 6.45) is 6.85. The topological polar surface area (TPSA) is 55.1 Å². The SMILES string of the molecule is CC(C)C1CCCC(Nc2ccc(CC(N)=O)cc2)CC1. The van der Waals surface area contributed by atoms with Crippen LogP contribution in [-0.4, -0.2) is 11.9 Å². The predicted molar refractivity (Wildman–Crippen MR) is 88.2 cm³/mol. The lowest BCUT2D eigenvalue weighted by Crippen LogP contribution is -2.19. The molecule has 2 unspecified atom stereocenters. The molecule has 1 aliphatic rings. The monoisotopic (exact) mass is 288 g/mol. The van der Waals surface area contributed by atoms with E-state index >= 15 is 0 Å². The molecular formula is C18H28N2O. The lowest BCUT2D eigenvalue weighted by atomic mass is 9.89. The summed E-state index contributed by atoms with van der Waals surface area (Å²) in [5.41, 5.74) is 7.34. The second kappa shape index (κ2) is 7.48. The number of anilines is 1. The maximum Gasteiger partial charge on any atom is 0.221 e. The molecule has 3 heteroatoms. The molecule has 1 fully saturated rings. The standard InChI is InChI=1S/C18H28N2O/c1-13(2)15-4-3-5-16(11-8-15)20-17-9-6-14(7-10-17)12-18(19)21/h6-7,9-10,13,15-16,20H,3-5,8,11-12H2,1-2H3,(H2,19,21). The van der Waals surface area contributed by atoms with Gasteiger partial charge in [-0.2, -0.15) is 0 Å². The Morgan fingerprint density at radius 1 is 1.19 bits per heavy atom. The van der Waals surface area contributed by atoms with E-state index in [1.807, 2.05) is 12.1 Å². The van der Waals surface area contributed by atoms with Gasteiger partial charge in [0.05, 0.1) is 6.42 Å². The molecule has 116 valence electrons. The lowest BCUT2D eigenvalue weighted by molar-refractivity contribution is -0.117. The van der Waals surface area contributed by atoms with Crippen molar-refractivity contribution in [2.24, 2.45) is 17.6 Å². The number of nitrogens with two attached hydrogens (primary N) is 1. The van der Waals surface area contributed by atoms with Crippen LogP contribution in [0.3, 0.4) is 0 Å². The Morgan fingerprint density at radius 2 is 1.90 bits per heavy atom. The van der Waals surface area contributed by atoms with Gasteiger partial charge in [0, 0.05) is 11.7 Å². The van der Waals surface area contributed by atoms with Crippen LogP contribution >= 0.6 is 0 Å². The van der Waals surface area contributed by atoms with E-state index in [1.165, 1.54) is 32.1 Å². The fraction of sp³-hybridized carbons (Fsp3) is 0.611. The van der Waals surface area contributed by atoms with Gasteiger partial charge in [-0.15, -0.1) is 0 Å². The van der Waals surface area contributed by atoms with Crippen molar-refractivity contribution in [2.45, 2.75) is 58.4 Å². The molecule has 0 aliphatic heterocycles. The normalized spacial score (nSPS) is 22.8. The first-order valence-electron chi connectivity index (χ1n) is 8.18. The molecule has 0 heterocycles. The molecule has 1 aromatic rings. The fourth-order valence-corrected chi connectivity index (χ4v) is 3.30. The molecule has 3 N–H and O–H groups in total. The molecule has 1 amide bonds. The zero-order chi connectivity index (χ0) is 15.2. The molecule has 0 bridgehead atoms. The Kier molecular flexibility index (Phi) is 5.66. The van der Waals surface area contributed by atoms with Crippen LogP contribution in [0.5, 0.6) is 0 Å². The van der Waals surface area contributed by atoms with Gasteiger partial charge in [-0.05, 0) is 48.8 Å². The minimum absolute atomic E-state index is 0.279. The summed E-state index contributed by atoms with van der Waals surface area (Å²) in [5.74, 6) is 1.41. The minimum Gasteiger partial charge on any atom is -0.382 e. The molecule has 0 radical (unpaired) electrons. The van der Waals surface area contributed by atoms with Gasteiger partial charge in [0.15, 0.2) is 0 Å². The molecule has 1 saturated carbocycles. The first kappa shape index (κ1) is 15.9. The van der Waals surface area contributed by atoms with E-state index in [0.717, 1.165) is 23.1 Å². The van der Waals surface area contributed by atoms with Crippen LogP contribution in [0.1, 0.15) is 51.5 Å². The number of hydrogen-bond donors (Lipinski definition) is 2. The number of primary amides is 1. The van der Waals surface area contributed by atoms with E-state index < -0.39 is 0 Å². The van der Waals surface area contributed by atoms with Gasteiger partial charge in [-0.3, -0.25) is 4.79 Å². The average molecular weight is 288 g/mol. The van der Waals surface area contributed by atoms with Crippen molar-refractivity contribution in [1.29, 1.82) is 0 Å². The zero-order valence-electron chi connectivity index (χ0n) is 13.3. The maximum absolute atomic E-state index is 10.9. The summed E-state index contributed by atoms with van der Waals surface area (Å²) in [7, 11) is 0. The van der Waals surface area contributed by atoms with Gasteiger partial charge >= 0.3 is 0 Å². The molecule has 0 spiro atoms. The summed E-state index contributed by atoms with van der Waals surface area (Å²) in [6.45, 7) is 4.69. The quantitative estimate of drug-likeness (QED) is 0.811. The highest BCUT2D eigenvalue weighted by atomic mass is 16.1. The molecule has 3 nitrogen and oxygen atoms in total. The van der Waals surface area contributed by atoms with Crippen molar-refractivity contribution in [1.82, 2.24) is 0 Å². The molecule has 2 rings (SSSR count). The Hall–Kier alpha value is -1.51. The highest BCUT2D eigenvalue weighted by Crippen LogP contribution is 2.30. The van der Waals surface area contributed by atoms with Gasteiger partial charge in [-0.25, -0.2) is 0 Å². The van der Waals surface area contributed by atoms with Crippen LogP contribution < -0.4 is 11.1 Å². The van der Waals surface area contributed by atoms with Crippen LogP contribution in [0.25, 0.3) is 0 Å². The van der Waals surface area contributed by atoms with E-state index in [1.54, 1.807) is 0 Å². The summed E-state index contributed by atoms with van der Waals surface area (Å²) in [6, 6.07) is 8.67. The van der Waals surface area contributed by atoms with Gasteiger partial charge in [0.1, 0.15) is 0 Å². The number of carbonyl (C=O) groups is 1. The number of nitrogens with one attached hydrogen (secondary N) is 1. The summed E-state index contributed by atoms with van der Waals surface area (Å²) >= 11 is 0. The number of rotatable bonds is 5. The van der Waals surface area contributed by atoms with Gasteiger partial charge in [-0.1, -0.05) is 38.8 Å². The molecule has 21 heavy (non-hydrogen) atoms. The van der Waals surface area contributed by atoms with Crippen molar-refractivity contribution in [2.75, 3.05) is 5.32 Å². The number of hydrogen-bond acceptors (Lipinski definition) is 2. The van der Waals surface area contributed by atoms with E-state index in [9.17, 15) is 4.79 Å². The highest BCUT2D eigenvalue weighted by Gasteiger charge is 2.20. The van der Waals surface area contributed by atoms with Crippen molar-refractivity contribution in [3.8, 4) is 0 Å². The second-order valence-electron chi connectivity index (χ2n) is 6.69. The molecule has 1 aliphatic carbocycles. The van der Waals surface area contributed by atoms with E-state index in [2.05, 4.69) is 31.3 Å². The average Bonchev–Trinajstić information content (AvgIpc) is 2.66. The Bertz CT molecular complexity index is 453. The van der Waals surface area contributed by atoms with Crippen LogP contribution in [0.15, 0.2) is 24.3 Å². The van der Waals surface area contributed by atoms with E-state index in [0.29, 0.717) is 12.5 Å².